The molecule has 0 bridgehead atoms. The van der Waals surface area contributed by atoms with E-state index in [1.807, 2.05) is 9.80 Å². The number of anilines is 1. The predicted molar refractivity (Wildman–Crippen MR) is 83.8 cm³/mol. The van der Waals surface area contributed by atoms with Crippen molar-refractivity contribution in [1.82, 2.24) is 15.2 Å². The molecular formula is C16H21F3N4O. The van der Waals surface area contributed by atoms with Crippen LogP contribution in [0.3, 0.4) is 0 Å². The molecule has 132 valence electrons. The van der Waals surface area contributed by atoms with Crippen LogP contribution in [0.1, 0.15) is 31.2 Å². The number of amides is 2. The minimum absolute atomic E-state index is 0.00129. The van der Waals surface area contributed by atoms with E-state index in [2.05, 4.69) is 10.3 Å². The van der Waals surface area contributed by atoms with Crippen LogP contribution >= 0.6 is 0 Å². The second-order valence-electron chi connectivity index (χ2n) is 6.31. The van der Waals surface area contributed by atoms with Gasteiger partial charge in [0.15, 0.2) is 0 Å². The first-order valence-corrected chi connectivity index (χ1v) is 8.27. The number of urea groups is 1. The molecule has 3 heterocycles. The molecule has 8 heteroatoms. The van der Waals surface area contributed by atoms with Crippen molar-refractivity contribution in [2.24, 2.45) is 0 Å². The zero-order chi connectivity index (χ0) is 17.2. The fraction of sp³-hybridized carbons (Fsp3) is 0.625. The van der Waals surface area contributed by atoms with Crippen molar-refractivity contribution in [3.8, 4) is 0 Å². The van der Waals surface area contributed by atoms with E-state index in [0.29, 0.717) is 18.9 Å². The molecule has 1 N–H and O–H groups in total. The fourth-order valence-electron chi connectivity index (χ4n) is 3.18. The van der Waals surface area contributed by atoms with Crippen LogP contribution in [0.5, 0.6) is 0 Å². The van der Waals surface area contributed by atoms with Crippen LogP contribution in [-0.4, -0.2) is 48.1 Å². The van der Waals surface area contributed by atoms with Crippen molar-refractivity contribution in [3.63, 3.8) is 0 Å². The van der Waals surface area contributed by atoms with E-state index >= 15 is 0 Å². The summed E-state index contributed by atoms with van der Waals surface area (Å²) in [6.07, 6.45) is 0.163. The number of carbonyl (C=O) groups excluding carboxylic acids is 1. The van der Waals surface area contributed by atoms with Crippen LogP contribution < -0.4 is 10.2 Å². The molecule has 2 fully saturated rings. The first-order valence-electron chi connectivity index (χ1n) is 8.27. The molecule has 0 atom stereocenters. The Morgan fingerprint density at radius 2 is 1.79 bits per heavy atom. The highest BCUT2D eigenvalue weighted by Crippen LogP contribution is 2.29. The number of pyridine rings is 1. The normalized spacial score (nSPS) is 19.6. The van der Waals surface area contributed by atoms with E-state index in [-0.39, 0.29) is 12.1 Å². The molecule has 0 unspecified atom stereocenters. The molecule has 2 aliphatic rings. The Labute approximate surface area is 138 Å². The summed E-state index contributed by atoms with van der Waals surface area (Å²) in [5.41, 5.74) is -0.737. The van der Waals surface area contributed by atoms with Gasteiger partial charge in [0.2, 0.25) is 0 Å². The van der Waals surface area contributed by atoms with Gasteiger partial charge >= 0.3 is 12.2 Å². The number of nitrogens with zero attached hydrogens (tertiary/aromatic N) is 3. The van der Waals surface area contributed by atoms with Crippen molar-refractivity contribution in [1.29, 1.82) is 0 Å². The minimum Gasteiger partial charge on any atom is -0.356 e. The number of alkyl halides is 3. The van der Waals surface area contributed by atoms with Gasteiger partial charge < -0.3 is 15.1 Å². The SMILES string of the molecule is O=C(NC1CCN(c2ccc(C(F)(F)F)cn2)CC1)N1CCCC1. The van der Waals surface area contributed by atoms with Crippen LogP contribution in [0.15, 0.2) is 18.3 Å². The number of hydrogen-bond acceptors (Lipinski definition) is 3. The Morgan fingerprint density at radius 3 is 2.33 bits per heavy atom. The van der Waals surface area contributed by atoms with Crippen molar-refractivity contribution < 1.29 is 18.0 Å². The number of nitrogens with one attached hydrogen (secondary N) is 1. The smallest absolute Gasteiger partial charge is 0.356 e. The first-order chi connectivity index (χ1) is 11.4. The lowest BCUT2D eigenvalue weighted by atomic mass is 10.1. The summed E-state index contributed by atoms with van der Waals surface area (Å²) in [4.78, 5) is 19.8. The van der Waals surface area contributed by atoms with E-state index in [0.717, 1.165) is 51.0 Å². The van der Waals surface area contributed by atoms with Crippen molar-refractivity contribution in [3.05, 3.63) is 23.9 Å². The second kappa shape index (κ2) is 6.86. The Balaban J connectivity index is 1.50. The summed E-state index contributed by atoms with van der Waals surface area (Å²) in [6, 6.07) is 2.58. The van der Waals surface area contributed by atoms with Gasteiger partial charge in [-0.15, -0.1) is 0 Å². The van der Waals surface area contributed by atoms with Crippen molar-refractivity contribution >= 4 is 11.8 Å². The van der Waals surface area contributed by atoms with Crippen LogP contribution in [0.4, 0.5) is 23.8 Å². The maximum absolute atomic E-state index is 12.6. The molecule has 0 spiro atoms. The number of piperidine rings is 1. The van der Waals surface area contributed by atoms with Gasteiger partial charge in [-0.3, -0.25) is 0 Å². The molecule has 2 saturated heterocycles. The number of likely N-dealkylation sites (tertiary alicyclic amines) is 1. The van der Waals surface area contributed by atoms with Gasteiger partial charge in [-0.05, 0) is 37.8 Å². The van der Waals surface area contributed by atoms with Gasteiger partial charge in [0, 0.05) is 38.4 Å². The number of aromatic nitrogens is 1. The predicted octanol–water partition coefficient (Wildman–Crippen LogP) is 2.87. The molecular weight excluding hydrogens is 321 g/mol. The Morgan fingerprint density at radius 1 is 1.12 bits per heavy atom. The third kappa shape index (κ3) is 3.91. The highest BCUT2D eigenvalue weighted by atomic mass is 19.4. The number of hydrogen-bond donors (Lipinski definition) is 1. The molecule has 2 amide bonds. The van der Waals surface area contributed by atoms with E-state index in [1.165, 1.54) is 6.07 Å². The quantitative estimate of drug-likeness (QED) is 0.899. The van der Waals surface area contributed by atoms with Gasteiger partial charge in [0.05, 0.1) is 5.56 Å². The Kier molecular flexibility index (Phi) is 4.82. The van der Waals surface area contributed by atoms with E-state index in [4.69, 9.17) is 0 Å². The van der Waals surface area contributed by atoms with Gasteiger partial charge in [-0.2, -0.15) is 13.2 Å². The van der Waals surface area contributed by atoms with E-state index in [1.54, 1.807) is 0 Å². The molecule has 5 nitrogen and oxygen atoms in total. The minimum atomic E-state index is -4.36. The third-order valence-electron chi connectivity index (χ3n) is 4.62. The number of carbonyl (C=O) groups is 1. The van der Waals surface area contributed by atoms with E-state index in [9.17, 15) is 18.0 Å². The van der Waals surface area contributed by atoms with Crippen LogP contribution in [0.25, 0.3) is 0 Å². The van der Waals surface area contributed by atoms with Gasteiger partial charge in [-0.25, -0.2) is 9.78 Å². The van der Waals surface area contributed by atoms with Crippen molar-refractivity contribution in [2.45, 2.75) is 37.9 Å². The molecule has 24 heavy (non-hydrogen) atoms. The van der Waals surface area contributed by atoms with E-state index < -0.39 is 11.7 Å². The van der Waals surface area contributed by atoms with Gasteiger partial charge in [0.1, 0.15) is 5.82 Å². The monoisotopic (exact) mass is 342 g/mol. The molecule has 0 aliphatic carbocycles. The topological polar surface area (TPSA) is 48.5 Å². The van der Waals surface area contributed by atoms with Crippen LogP contribution in [0.2, 0.25) is 0 Å². The average molecular weight is 342 g/mol. The summed E-state index contributed by atoms with van der Waals surface area (Å²) < 4.78 is 37.7. The Hall–Kier alpha value is -1.99. The molecule has 1 aromatic heterocycles. The summed E-state index contributed by atoms with van der Waals surface area (Å²) >= 11 is 0. The first kappa shape index (κ1) is 16.9. The van der Waals surface area contributed by atoms with Crippen LogP contribution in [0, 0.1) is 0 Å². The molecule has 1 aromatic rings. The molecule has 0 saturated carbocycles. The Bertz CT molecular complexity index is 562. The fourth-order valence-corrected chi connectivity index (χ4v) is 3.18. The zero-order valence-corrected chi connectivity index (χ0v) is 13.4. The average Bonchev–Trinajstić information content (AvgIpc) is 3.09. The standard InChI is InChI=1S/C16H21F3N4O/c17-16(18,19)12-3-4-14(20-11-12)22-9-5-13(6-10-22)21-15(24)23-7-1-2-8-23/h3-4,11,13H,1-2,5-10H2,(H,21,24). The molecule has 0 radical (unpaired) electrons. The summed E-state index contributed by atoms with van der Waals surface area (Å²) in [5, 5.41) is 3.05. The van der Waals surface area contributed by atoms with Crippen molar-refractivity contribution in [2.75, 3.05) is 31.1 Å². The highest BCUT2D eigenvalue weighted by Gasteiger charge is 2.31. The number of rotatable bonds is 2. The van der Waals surface area contributed by atoms with Crippen LogP contribution in [-0.2, 0) is 6.18 Å². The lowest BCUT2D eigenvalue weighted by Gasteiger charge is -2.34. The second-order valence-corrected chi connectivity index (χ2v) is 6.31. The largest absolute Gasteiger partial charge is 0.417 e. The summed E-state index contributed by atoms with van der Waals surface area (Å²) in [7, 11) is 0. The third-order valence-corrected chi connectivity index (χ3v) is 4.62. The maximum Gasteiger partial charge on any atom is 0.417 e. The van der Waals surface area contributed by atoms with Gasteiger partial charge in [-0.1, -0.05) is 0 Å². The highest BCUT2D eigenvalue weighted by molar-refractivity contribution is 5.74. The number of halogens is 3. The zero-order valence-electron chi connectivity index (χ0n) is 13.4. The summed E-state index contributed by atoms with van der Waals surface area (Å²) in [6.45, 7) is 2.98. The lowest BCUT2D eigenvalue weighted by Crippen LogP contribution is -2.48. The molecule has 2 aliphatic heterocycles. The van der Waals surface area contributed by atoms with Gasteiger partial charge in [0.25, 0.3) is 0 Å². The summed E-state index contributed by atoms with van der Waals surface area (Å²) in [5.74, 6) is 0.548. The molecule has 0 aromatic carbocycles. The molecule has 3 rings (SSSR count). The maximum atomic E-state index is 12.6. The lowest BCUT2D eigenvalue weighted by molar-refractivity contribution is -0.137.